The molecule has 0 aliphatic carbocycles. The van der Waals surface area contributed by atoms with Gasteiger partial charge in [-0.15, -0.1) is 0 Å². The van der Waals surface area contributed by atoms with E-state index in [-0.39, 0.29) is 17.8 Å². The Labute approximate surface area is 149 Å². The second-order valence-corrected chi connectivity index (χ2v) is 6.87. The number of carbonyl (C=O) groups is 1. The van der Waals surface area contributed by atoms with Gasteiger partial charge in [-0.1, -0.05) is 0 Å². The van der Waals surface area contributed by atoms with E-state index in [1.165, 1.54) is 16.9 Å². The third-order valence-corrected chi connectivity index (χ3v) is 5.12. The van der Waals surface area contributed by atoms with Gasteiger partial charge in [-0.3, -0.25) is 4.90 Å². The number of hydrogen-bond acceptors (Lipinski definition) is 3. The highest BCUT2D eigenvalue weighted by molar-refractivity contribution is 5.77. The third-order valence-electron chi connectivity index (χ3n) is 5.12. The molecular formula is C18H18F3N3O2. The van der Waals surface area contributed by atoms with Crippen LogP contribution in [0.15, 0.2) is 35.9 Å². The quantitative estimate of drug-likeness (QED) is 0.726. The van der Waals surface area contributed by atoms with Gasteiger partial charge in [0, 0.05) is 36.5 Å². The van der Waals surface area contributed by atoms with Gasteiger partial charge in [0.2, 0.25) is 0 Å². The van der Waals surface area contributed by atoms with E-state index >= 15 is 0 Å². The Balaban J connectivity index is 1.42. The van der Waals surface area contributed by atoms with Crippen LogP contribution in [0.25, 0.3) is 0 Å². The summed E-state index contributed by atoms with van der Waals surface area (Å²) in [4.78, 5) is 16.3. The highest BCUT2D eigenvalue weighted by atomic mass is 19.4. The Morgan fingerprint density at radius 1 is 1.31 bits per heavy atom. The lowest BCUT2D eigenvalue weighted by molar-refractivity contribution is -0.0697. The molecule has 0 aromatic carbocycles. The van der Waals surface area contributed by atoms with Crippen molar-refractivity contribution in [1.29, 1.82) is 0 Å². The van der Waals surface area contributed by atoms with Gasteiger partial charge in [0.25, 0.3) is 0 Å². The molecule has 138 valence electrons. The fourth-order valence-electron chi connectivity index (χ4n) is 3.79. The van der Waals surface area contributed by atoms with Gasteiger partial charge in [0.15, 0.2) is 5.76 Å². The Bertz CT molecular complexity index is 752. The lowest BCUT2D eigenvalue weighted by Gasteiger charge is -2.45. The molecule has 26 heavy (non-hydrogen) atoms. The molecule has 0 saturated carbocycles. The average molecular weight is 365 g/mol. The molecule has 5 rings (SSSR count). The number of hydrogen-bond donors (Lipinski definition) is 1. The number of nitrogens with one attached hydrogen (secondary N) is 1. The van der Waals surface area contributed by atoms with Crippen LogP contribution in [0.5, 0.6) is 0 Å². The Hall–Kier alpha value is -2.40. The van der Waals surface area contributed by atoms with Crippen molar-refractivity contribution in [2.24, 2.45) is 5.92 Å². The van der Waals surface area contributed by atoms with E-state index in [4.69, 9.17) is 4.74 Å². The van der Waals surface area contributed by atoms with Crippen molar-refractivity contribution in [3.63, 3.8) is 0 Å². The van der Waals surface area contributed by atoms with Crippen LogP contribution >= 0.6 is 0 Å². The molecule has 3 saturated heterocycles. The van der Waals surface area contributed by atoms with Crippen molar-refractivity contribution < 1.29 is 22.7 Å². The third kappa shape index (κ3) is 3.58. The zero-order chi connectivity index (χ0) is 18.3. The molecule has 0 radical (unpaired) electrons. The number of amides is 2. The Morgan fingerprint density at radius 3 is 2.73 bits per heavy atom. The number of ether oxygens (including phenoxy) is 1. The maximum atomic E-state index is 12.5. The van der Waals surface area contributed by atoms with Crippen molar-refractivity contribution in [2.75, 3.05) is 19.6 Å². The Kier molecular flexibility index (Phi) is 4.19. The lowest BCUT2D eigenvalue weighted by atomic mass is 9.84. The fraction of sp³-hybridized carbons (Fsp3) is 0.500. The van der Waals surface area contributed by atoms with Crippen LogP contribution < -0.4 is 5.32 Å². The first-order valence-electron chi connectivity index (χ1n) is 8.57. The van der Waals surface area contributed by atoms with Gasteiger partial charge in [-0.2, -0.15) is 13.2 Å². The summed E-state index contributed by atoms with van der Waals surface area (Å²) in [5.41, 5.74) is 0.600. The summed E-state index contributed by atoms with van der Waals surface area (Å²) in [5.74, 6) is 3.61. The van der Waals surface area contributed by atoms with Crippen LogP contribution in [0.3, 0.4) is 0 Å². The van der Waals surface area contributed by atoms with E-state index in [9.17, 15) is 18.0 Å². The standard InChI is InChI=1S/C18H18F3N3O2/c19-18(20,21)5-1-14-9-13-10-24(8-4-16(13)26-14)17(25)22-15-11-23-6-2-12(15)3-7-23/h4,8-10,12,15-16H,2-3,6-7,11H2,(H,22,25)/t15-,16?/m0/s1. The normalized spacial score (nSPS) is 32.0. The fourth-order valence-corrected chi connectivity index (χ4v) is 3.79. The molecule has 1 unspecified atom stereocenters. The summed E-state index contributed by atoms with van der Waals surface area (Å²) in [7, 11) is 0. The monoisotopic (exact) mass is 365 g/mol. The number of halogens is 3. The summed E-state index contributed by atoms with van der Waals surface area (Å²) < 4.78 is 41.9. The number of rotatable bonds is 1. The predicted molar refractivity (Wildman–Crippen MR) is 87.3 cm³/mol. The number of alkyl halides is 3. The second-order valence-electron chi connectivity index (χ2n) is 6.87. The van der Waals surface area contributed by atoms with Crippen molar-refractivity contribution in [3.05, 3.63) is 35.9 Å². The molecule has 5 heterocycles. The summed E-state index contributed by atoms with van der Waals surface area (Å²) in [6, 6.07) is -0.104. The van der Waals surface area contributed by atoms with E-state index in [1.807, 2.05) is 5.92 Å². The minimum Gasteiger partial charge on any atom is -0.473 e. The van der Waals surface area contributed by atoms with Crippen molar-refractivity contribution in [2.45, 2.75) is 31.2 Å². The van der Waals surface area contributed by atoms with Crippen molar-refractivity contribution in [3.8, 4) is 11.8 Å². The van der Waals surface area contributed by atoms with Gasteiger partial charge in [0.1, 0.15) is 6.10 Å². The zero-order valence-corrected chi connectivity index (χ0v) is 13.9. The minimum atomic E-state index is -4.57. The maximum absolute atomic E-state index is 12.5. The molecule has 2 atom stereocenters. The molecule has 2 bridgehead atoms. The number of nitrogens with zero attached hydrogens (tertiary/aromatic N) is 2. The average Bonchev–Trinajstić information content (AvgIpc) is 3.02. The van der Waals surface area contributed by atoms with E-state index in [2.05, 4.69) is 10.2 Å². The van der Waals surface area contributed by atoms with Crippen molar-refractivity contribution >= 4 is 6.03 Å². The van der Waals surface area contributed by atoms with E-state index in [0.29, 0.717) is 11.5 Å². The van der Waals surface area contributed by atoms with Gasteiger partial charge in [-0.05, 0) is 49.9 Å². The minimum absolute atomic E-state index is 0.0529. The van der Waals surface area contributed by atoms with E-state index < -0.39 is 12.3 Å². The summed E-state index contributed by atoms with van der Waals surface area (Å²) in [5, 5.41) is 3.07. The number of allylic oxidation sites excluding steroid dienone is 1. The number of carbonyl (C=O) groups excluding carboxylic acids is 1. The molecule has 8 heteroatoms. The number of fused-ring (bicyclic) bond motifs is 4. The molecule has 0 spiro atoms. The summed E-state index contributed by atoms with van der Waals surface area (Å²) >= 11 is 0. The second kappa shape index (κ2) is 6.40. The predicted octanol–water partition coefficient (Wildman–Crippen LogP) is 2.35. The van der Waals surface area contributed by atoms with Crippen LogP contribution in [-0.4, -0.2) is 53.8 Å². The highest BCUT2D eigenvalue weighted by Gasteiger charge is 2.36. The van der Waals surface area contributed by atoms with Gasteiger partial charge in [0.05, 0.1) is 0 Å². The van der Waals surface area contributed by atoms with Crippen LogP contribution in [-0.2, 0) is 4.74 Å². The first kappa shape index (κ1) is 17.0. The number of urea groups is 1. The molecule has 3 fully saturated rings. The smallest absolute Gasteiger partial charge is 0.458 e. The van der Waals surface area contributed by atoms with Gasteiger partial charge >= 0.3 is 12.2 Å². The molecular weight excluding hydrogens is 347 g/mol. The van der Waals surface area contributed by atoms with Crippen LogP contribution in [0, 0.1) is 17.8 Å². The van der Waals surface area contributed by atoms with E-state index in [0.717, 1.165) is 32.5 Å². The molecule has 1 N–H and O–H groups in total. The first-order valence-corrected chi connectivity index (χ1v) is 8.57. The SMILES string of the molecule is O=C(N[C@H]1CN2CCC1CC2)N1C=CC2OC(C#CC(F)(F)F)=CC2=C1. The maximum Gasteiger partial charge on any atom is 0.458 e. The van der Waals surface area contributed by atoms with E-state index in [1.54, 1.807) is 18.5 Å². The molecule has 5 nitrogen and oxygen atoms in total. The molecule has 2 amide bonds. The van der Waals surface area contributed by atoms with Gasteiger partial charge in [-0.25, -0.2) is 4.79 Å². The van der Waals surface area contributed by atoms with Crippen molar-refractivity contribution in [1.82, 2.24) is 15.1 Å². The molecule has 0 aromatic heterocycles. The zero-order valence-electron chi connectivity index (χ0n) is 13.9. The van der Waals surface area contributed by atoms with Crippen LogP contribution in [0.4, 0.5) is 18.0 Å². The Morgan fingerprint density at radius 2 is 2.08 bits per heavy atom. The summed E-state index contributed by atoms with van der Waals surface area (Å²) in [6.45, 7) is 3.06. The topological polar surface area (TPSA) is 44.8 Å². The molecule has 5 aliphatic rings. The molecule has 5 aliphatic heterocycles. The van der Waals surface area contributed by atoms with Crippen LogP contribution in [0.1, 0.15) is 12.8 Å². The summed E-state index contributed by atoms with van der Waals surface area (Å²) in [6.07, 6.45) is 3.33. The lowest BCUT2D eigenvalue weighted by Crippen LogP contribution is -2.58. The number of piperidine rings is 3. The van der Waals surface area contributed by atoms with Crippen LogP contribution in [0.2, 0.25) is 0 Å². The highest BCUT2D eigenvalue weighted by Crippen LogP contribution is 2.29. The molecule has 0 aromatic rings. The first-order chi connectivity index (χ1) is 12.4. The largest absolute Gasteiger partial charge is 0.473 e. The van der Waals surface area contributed by atoms with Gasteiger partial charge < -0.3 is 15.0 Å².